The second-order valence-electron chi connectivity index (χ2n) is 5.04. The van der Waals surface area contributed by atoms with Gasteiger partial charge in [-0.15, -0.1) is 0 Å². The van der Waals surface area contributed by atoms with Crippen LogP contribution in [0, 0.1) is 5.92 Å². The maximum atomic E-state index is 12.1. The van der Waals surface area contributed by atoms with E-state index in [9.17, 15) is 8.42 Å². The van der Waals surface area contributed by atoms with E-state index in [0.29, 0.717) is 17.4 Å². The standard InChI is InChI=1S/C12H21N3O2S/c1-3-13-7-11-6-12(8-14-11)18(16,17)15-10-4-9(2)5-10/h6,8-10,13-15H,3-5,7H2,1-2H3. The van der Waals surface area contributed by atoms with Crippen molar-refractivity contribution in [3.63, 3.8) is 0 Å². The first-order chi connectivity index (χ1) is 8.51. The van der Waals surface area contributed by atoms with Crippen molar-refractivity contribution in [2.45, 2.75) is 44.2 Å². The van der Waals surface area contributed by atoms with E-state index in [-0.39, 0.29) is 6.04 Å². The molecule has 5 nitrogen and oxygen atoms in total. The summed E-state index contributed by atoms with van der Waals surface area (Å²) in [6.45, 7) is 5.67. The Labute approximate surface area is 108 Å². The summed E-state index contributed by atoms with van der Waals surface area (Å²) in [7, 11) is -3.36. The number of nitrogens with one attached hydrogen (secondary N) is 3. The van der Waals surface area contributed by atoms with Gasteiger partial charge in [0.25, 0.3) is 0 Å². The van der Waals surface area contributed by atoms with Crippen LogP contribution in [0.25, 0.3) is 0 Å². The van der Waals surface area contributed by atoms with Crippen molar-refractivity contribution < 1.29 is 8.42 Å². The highest BCUT2D eigenvalue weighted by atomic mass is 32.2. The molecule has 1 aliphatic carbocycles. The summed E-state index contributed by atoms with van der Waals surface area (Å²) in [6.07, 6.45) is 3.43. The molecule has 1 saturated carbocycles. The van der Waals surface area contributed by atoms with Crippen LogP contribution >= 0.6 is 0 Å². The van der Waals surface area contributed by atoms with Gasteiger partial charge in [0, 0.05) is 24.5 Å². The Morgan fingerprint density at radius 2 is 2.17 bits per heavy atom. The quantitative estimate of drug-likeness (QED) is 0.728. The smallest absolute Gasteiger partial charge is 0.242 e. The van der Waals surface area contributed by atoms with Crippen molar-refractivity contribution in [3.05, 3.63) is 18.0 Å². The SMILES string of the molecule is CCNCc1cc(S(=O)(=O)NC2CC(C)C2)c[nH]1. The first-order valence-corrected chi connectivity index (χ1v) is 7.90. The second kappa shape index (κ2) is 5.42. The Kier molecular flexibility index (Phi) is 4.09. The summed E-state index contributed by atoms with van der Waals surface area (Å²) >= 11 is 0. The lowest BCUT2D eigenvalue weighted by Gasteiger charge is -2.32. The molecule has 0 aliphatic heterocycles. The Bertz CT molecular complexity index is 489. The van der Waals surface area contributed by atoms with Crippen LogP contribution in [0.5, 0.6) is 0 Å². The molecule has 0 radical (unpaired) electrons. The maximum Gasteiger partial charge on any atom is 0.242 e. The number of aromatic amines is 1. The lowest BCUT2D eigenvalue weighted by molar-refractivity contribution is 0.270. The van der Waals surface area contributed by atoms with E-state index in [4.69, 9.17) is 0 Å². The molecule has 18 heavy (non-hydrogen) atoms. The fourth-order valence-electron chi connectivity index (χ4n) is 2.22. The van der Waals surface area contributed by atoms with Crippen LogP contribution in [0.3, 0.4) is 0 Å². The van der Waals surface area contributed by atoms with E-state index < -0.39 is 10.0 Å². The van der Waals surface area contributed by atoms with Crippen LogP contribution in [0.2, 0.25) is 0 Å². The molecule has 0 atom stereocenters. The fraction of sp³-hybridized carbons (Fsp3) is 0.667. The van der Waals surface area contributed by atoms with Gasteiger partial charge in [0.15, 0.2) is 0 Å². The molecule has 3 N–H and O–H groups in total. The van der Waals surface area contributed by atoms with E-state index in [0.717, 1.165) is 25.1 Å². The molecule has 0 saturated heterocycles. The van der Waals surface area contributed by atoms with E-state index in [1.807, 2.05) is 6.92 Å². The van der Waals surface area contributed by atoms with Crippen molar-refractivity contribution >= 4 is 10.0 Å². The summed E-state index contributed by atoms with van der Waals surface area (Å²) < 4.78 is 26.9. The lowest BCUT2D eigenvalue weighted by Crippen LogP contribution is -2.43. The molecule has 6 heteroatoms. The molecule has 0 spiro atoms. The van der Waals surface area contributed by atoms with Crippen molar-refractivity contribution in [3.8, 4) is 0 Å². The summed E-state index contributed by atoms with van der Waals surface area (Å²) in [5.41, 5.74) is 0.888. The number of hydrogen-bond donors (Lipinski definition) is 3. The zero-order valence-electron chi connectivity index (χ0n) is 10.9. The zero-order chi connectivity index (χ0) is 13.2. The molecule has 1 heterocycles. The highest BCUT2D eigenvalue weighted by Gasteiger charge is 2.30. The predicted octanol–water partition coefficient (Wildman–Crippen LogP) is 1.20. The topological polar surface area (TPSA) is 74.0 Å². The first-order valence-electron chi connectivity index (χ1n) is 6.41. The molecule has 1 aliphatic rings. The molecule has 1 aromatic heterocycles. The van der Waals surface area contributed by atoms with Crippen LogP contribution in [0.15, 0.2) is 17.2 Å². The first kappa shape index (κ1) is 13.6. The summed E-state index contributed by atoms with van der Waals surface area (Å²) in [6, 6.07) is 1.80. The van der Waals surface area contributed by atoms with Crippen molar-refractivity contribution in [1.82, 2.24) is 15.0 Å². The Morgan fingerprint density at radius 1 is 1.44 bits per heavy atom. The maximum absolute atomic E-state index is 12.1. The number of sulfonamides is 1. The third kappa shape index (κ3) is 3.13. The molecule has 2 rings (SSSR count). The third-order valence-electron chi connectivity index (χ3n) is 3.29. The highest BCUT2D eigenvalue weighted by Crippen LogP contribution is 2.27. The second-order valence-corrected chi connectivity index (χ2v) is 6.75. The molecule has 0 amide bonds. The van der Waals surface area contributed by atoms with Gasteiger partial charge >= 0.3 is 0 Å². The normalized spacial score (nSPS) is 23.9. The summed E-state index contributed by atoms with van der Waals surface area (Å²) in [5.74, 6) is 0.633. The molecule has 1 aromatic rings. The average molecular weight is 271 g/mol. The third-order valence-corrected chi connectivity index (χ3v) is 4.79. The van der Waals surface area contributed by atoms with E-state index >= 15 is 0 Å². The van der Waals surface area contributed by atoms with Crippen LogP contribution in [-0.4, -0.2) is 26.0 Å². The van der Waals surface area contributed by atoms with Gasteiger partial charge < -0.3 is 10.3 Å². The Balaban J connectivity index is 1.98. The molecule has 1 fully saturated rings. The van der Waals surface area contributed by atoms with Gasteiger partial charge in [-0.2, -0.15) is 0 Å². The lowest BCUT2D eigenvalue weighted by atomic mass is 9.83. The van der Waals surface area contributed by atoms with Gasteiger partial charge in [0.1, 0.15) is 0 Å². The van der Waals surface area contributed by atoms with Gasteiger partial charge in [-0.3, -0.25) is 0 Å². The summed E-state index contributed by atoms with van der Waals surface area (Å²) in [5, 5.41) is 3.15. The largest absolute Gasteiger partial charge is 0.363 e. The predicted molar refractivity (Wildman–Crippen MR) is 70.7 cm³/mol. The molecular formula is C12H21N3O2S. The monoisotopic (exact) mass is 271 g/mol. The molecule has 0 unspecified atom stereocenters. The summed E-state index contributed by atoms with van der Waals surface area (Å²) in [4.78, 5) is 3.31. The van der Waals surface area contributed by atoms with E-state index in [1.165, 1.54) is 0 Å². The number of aromatic nitrogens is 1. The van der Waals surface area contributed by atoms with E-state index in [1.54, 1.807) is 12.3 Å². The molecule has 102 valence electrons. The Morgan fingerprint density at radius 3 is 2.78 bits per heavy atom. The van der Waals surface area contributed by atoms with Crippen LogP contribution in [0.4, 0.5) is 0 Å². The minimum Gasteiger partial charge on any atom is -0.363 e. The van der Waals surface area contributed by atoms with Crippen molar-refractivity contribution in [1.29, 1.82) is 0 Å². The van der Waals surface area contributed by atoms with E-state index in [2.05, 4.69) is 21.9 Å². The van der Waals surface area contributed by atoms with Crippen molar-refractivity contribution in [2.24, 2.45) is 5.92 Å². The van der Waals surface area contributed by atoms with Gasteiger partial charge in [-0.1, -0.05) is 13.8 Å². The number of hydrogen-bond acceptors (Lipinski definition) is 3. The Hall–Kier alpha value is -0.850. The molecule has 0 bridgehead atoms. The minimum absolute atomic E-state index is 0.108. The molecular weight excluding hydrogens is 250 g/mol. The van der Waals surface area contributed by atoms with Crippen molar-refractivity contribution in [2.75, 3.05) is 6.54 Å². The van der Waals surface area contributed by atoms with Crippen LogP contribution < -0.4 is 10.0 Å². The van der Waals surface area contributed by atoms with Crippen LogP contribution in [0.1, 0.15) is 32.4 Å². The molecule has 0 aromatic carbocycles. The fourth-order valence-corrected chi connectivity index (χ4v) is 3.50. The number of H-pyrrole nitrogens is 1. The number of rotatable bonds is 6. The van der Waals surface area contributed by atoms with Gasteiger partial charge in [-0.05, 0) is 31.4 Å². The average Bonchev–Trinajstić information content (AvgIpc) is 2.73. The highest BCUT2D eigenvalue weighted by molar-refractivity contribution is 7.89. The zero-order valence-corrected chi connectivity index (χ0v) is 11.7. The minimum atomic E-state index is -3.36. The van der Waals surface area contributed by atoms with Gasteiger partial charge in [-0.25, -0.2) is 13.1 Å². The van der Waals surface area contributed by atoms with Gasteiger partial charge in [0.2, 0.25) is 10.0 Å². The van der Waals surface area contributed by atoms with Crippen LogP contribution in [-0.2, 0) is 16.6 Å². The van der Waals surface area contributed by atoms with Gasteiger partial charge in [0.05, 0.1) is 4.90 Å².